The van der Waals surface area contributed by atoms with Crippen LogP contribution in [0.4, 0.5) is 43.9 Å². The summed E-state index contributed by atoms with van der Waals surface area (Å²) in [5.74, 6) is -9.78. The van der Waals surface area contributed by atoms with Crippen molar-refractivity contribution in [1.29, 1.82) is 0 Å². The molecule has 0 heterocycles. The highest BCUT2D eigenvalue weighted by Crippen LogP contribution is 2.40. The van der Waals surface area contributed by atoms with Gasteiger partial charge in [0.05, 0.1) is 0 Å². The zero-order chi connectivity index (χ0) is 21.6. The van der Waals surface area contributed by atoms with Crippen LogP contribution >= 0.6 is 0 Å². The smallest absolute Gasteiger partial charge is 0.220 e. The predicted octanol–water partition coefficient (Wildman–Crippen LogP) is 6.16. The summed E-state index contributed by atoms with van der Waals surface area (Å²) in [6.07, 6.45) is -14.8. The number of halogens is 10. The van der Waals surface area contributed by atoms with E-state index in [1.807, 2.05) is 0 Å². The van der Waals surface area contributed by atoms with Crippen LogP contribution in [0.15, 0.2) is 23.0 Å². The predicted molar refractivity (Wildman–Crippen MR) is 76.9 cm³/mol. The Morgan fingerprint density at radius 1 is 0.593 bits per heavy atom. The molecule has 0 spiro atoms. The first kappa shape index (κ1) is 25.7. The van der Waals surface area contributed by atoms with Gasteiger partial charge in [-0.05, 0) is 25.7 Å². The number of allylic oxidation sites excluding steroid dienone is 2. The lowest BCUT2D eigenvalue weighted by atomic mass is 10.1. The van der Waals surface area contributed by atoms with Gasteiger partial charge in [-0.25, -0.2) is 8.42 Å². The number of sulfone groups is 1. The average Bonchev–Trinajstić information content (AvgIpc) is 2.43. The second-order valence-corrected chi connectivity index (χ2v) is 7.24. The molecular formula is C14H16F10O2S. The third kappa shape index (κ3) is 9.47. The van der Waals surface area contributed by atoms with Crippen LogP contribution in [0.3, 0.4) is 0 Å². The van der Waals surface area contributed by atoms with Gasteiger partial charge in [0.1, 0.15) is 0 Å². The van der Waals surface area contributed by atoms with Crippen LogP contribution in [-0.2, 0) is 9.84 Å². The summed E-state index contributed by atoms with van der Waals surface area (Å²) in [6, 6.07) is 0. The standard InChI is InChI=1S/C14H16F10O2S/c15-11(16,13(19,20)21)7-3-1-5-9-27(25,26)10-6-2-4-8-12(17,18)14(22,23)24/h5-6,9-10H,1-4,7-8H2. The SMILES string of the molecule is O=S(=O)(C=CCCCC(F)(F)C(F)(F)F)C=CCCCC(F)(F)C(F)(F)F. The van der Waals surface area contributed by atoms with E-state index in [0.29, 0.717) is 10.8 Å². The molecule has 0 radical (unpaired) electrons. The van der Waals surface area contributed by atoms with E-state index >= 15 is 0 Å². The van der Waals surface area contributed by atoms with Crippen molar-refractivity contribution >= 4 is 9.84 Å². The molecule has 0 aliphatic rings. The summed E-state index contributed by atoms with van der Waals surface area (Å²) in [5.41, 5.74) is 0. The Hall–Kier alpha value is -1.27. The molecule has 0 atom stereocenters. The van der Waals surface area contributed by atoms with E-state index in [1.165, 1.54) is 0 Å². The van der Waals surface area contributed by atoms with E-state index in [-0.39, 0.29) is 0 Å². The Balaban J connectivity index is 4.34. The Morgan fingerprint density at radius 3 is 1.15 bits per heavy atom. The summed E-state index contributed by atoms with van der Waals surface area (Å²) in [5, 5.41) is 1.03. The molecule has 160 valence electrons. The zero-order valence-corrected chi connectivity index (χ0v) is 14.4. The lowest BCUT2D eigenvalue weighted by Crippen LogP contribution is -2.36. The van der Waals surface area contributed by atoms with E-state index in [1.54, 1.807) is 0 Å². The molecule has 0 fully saturated rings. The van der Waals surface area contributed by atoms with Gasteiger partial charge in [-0.2, -0.15) is 43.9 Å². The van der Waals surface area contributed by atoms with Crippen LogP contribution in [0.25, 0.3) is 0 Å². The lowest BCUT2D eigenvalue weighted by molar-refractivity contribution is -0.284. The maximum Gasteiger partial charge on any atom is 0.453 e. The minimum absolute atomic E-state index is 0.392. The minimum atomic E-state index is -5.70. The summed E-state index contributed by atoms with van der Waals surface area (Å²) in [4.78, 5) is 0. The number of unbranched alkanes of at least 4 members (excludes halogenated alkanes) is 2. The van der Waals surface area contributed by atoms with Crippen molar-refractivity contribution in [3.8, 4) is 0 Å². The monoisotopic (exact) mass is 438 g/mol. The highest BCUT2D eigenvalue weighted by atomic mass is 32.2. The molecule has 0 aliphatic carbocycles. The van der Waals surface area contributed by atoms with Crippen molar-refractivity contribution < 1.29 is 52.3 Å². The third-order valence-electron chi connectivity index (χ3n) is 3.12. The second-order valence-electron chi connectivity index (χ2n) is 5.52. The molecule has 0 bridgehead atoms. The van der Waals surface area contributed by atoms with Crippen LogP contribution in [0.5, 0.6) is 0 Å². The van der Waals surface area contributed by atoms with Gasteiger partial charge < -0.3 is 0 Å². The fourth-order valence-corrected chi connectivity index (χ4v) is 2.52. The topological polar surface area (TPSA) is 34.1 Å². The van der Waals surface area contributed by atoms with E-state index in [2.05, 4.69) is 0 Å². The Kier molecular flexibility index (Phi) is 8.85. The number of hydrogen-bond acceptors (Lipinski definition) is 2. The van der Waals surface area contributed by atoms with E-state index < -0.39 is 72.6 Å². The average molecular weight is 438 g/mol. The molecule has 0 saturated carbocycles. The molecule has 0 aromatic rings. The molecule has 0 saturated heterocycles. The highest BCUT2D eigenvalue weighted by Gasteiger charge is 2.57. The fourth-order valence-electron chi connectivity index (χ4n) is 1.62. The number of alkyl halides is 10. The van der Waals surface area contributed by atoms with Crippen molar-refractivity contribution in [3.63, 3.8) is 0 Å². The Labute approximate surface area is 148 Å². The first-order valence-electron chi connectivity index (χ1n) is 7.38. The van der Waals surface area contributed by atoms with Crippen LogP contribution in [-0.4, -0.2) is 32.6 Å². The van der Waals surface area contributed by atoms with Crippen LogP contribution in [0.2, 0.25) is 0 Å². The number of rotatable bonds is 10. The van der Waals surface area contributed by atoms with Crippen LogP contribution < -0.4 is 0 Å². The maximum absolute atomic E-state index is 12.6. The molecule has 0 rings (SSSR count). The molecule has 0 aliphatic heterocycles. The normalized spacial score (nSPS) is 15.2. The minimum Gasteiger partial charge on any atom is -0.220 e. The highest BCUT2D eigenvalue weighted by molar-refractivity contribution is 7.97. The van der Waals surface area contributed by atoms with Crippen molar-refractivity contribution in [2.24, 2.45) is 0 Å². The summed E-state index contributed by atoms with van der Waals surface area (Å²) in [7, 11) is -4.05. The van der Waals surface area contributed by atoms with Crippen LogP contribution in [0.1, 0.15) is 38.5 Å². The molecular weight excluding hydrogens is 422 g/mol. The van der Waals surface area contributed by atoms with Crippen molar-refractivity contribution in [3.05, 3.63) is 23.0 Å². The van der Waals surface area contributed by atoms with Gasteiger partial charge in [0.25, 0.3) is 0 Å². The molecule has 2 nitrogen and oxygen atoms in total. The summed E-state index contributed by atoms with van der Waals surface area (Å²) in [6.45, 7) is 0. The van der Waals surface area contributed by atoms with Crippen molar-refractivity contribution in [2.45, 2.75) is 62.7 Å². The quantitative estimate of drug-likeness (QED) is 0.302. The molecule has 27 heavy (non-hydrogen) atoms. The largest absolute Gasteiger partial charge is 0.453 e. The van der Waals surface area contributed by atoms with E-state index in [0.717, 1.165) is 12.2 Å². The third-order valence-corrected chi connectivity index (χ3v) is 4.27. The molecule has 0 amide bonds. The number of hydrogen-bond donors (Lipinski definition) is 0. The van der Waals surface area contributed by atoms with E-state index in [9.17, 15) is 52.3 Å². The van der Waals surface area contributed by atoms with Crippen molar-refractivity contribution in [1.82, 2.24) is 0 Å². The Bertz CT molecular complexity index is 567. The summed E-state index contributed by atoms with van der Waals surface area (Å²) < 4.78 is 145. The maximum atomic E-state index is 12.6. The molecule has 0 N–H and O–H groups in total. The summed E-state index contributed by atoms with van der Waals surface area (Å²) >= 11 is 0. The second kappa shape index (κ2) is 9.28. The fraction of sp³-hybridized carbons (Fsp3) is 0.714. The van der Waals surface area contributed by atoms with Gasteiger partial charge in [-0.3, -0.25) is 0 Å². The lowest BCUT2D eigenvalue weighted by Gasteiger charge is -2.18. The van der Waals surface area contributed by atoms with Gasteiger partial charge in [0, 0.05) is 23.7 Å². The molecule has 13 heteroatoms. The first-order valence-corrected chi connectivity index (χ1v) is 8.99. The zero-order valence-electron chi connectivity index (χ0n) is 13.6. The van der Waals surface area contributed by atoms with Crippen molar-refractivity contribution in [2.75, 3.05) is 0 Å². The molecule has 0 unspecified atom stereocenters. The molecule has 0 aromatic heterocycles. The van der Waals surface area contributed by atoms with Gasteiger partial charge in [-0.15, -0.1) is 0 Å². The van der Waals surface area contributed by atoms with Gasteiger partial charge in [-0.1, -0.05) is 12.2 Å². The van der Waals surface area contributed by atoms with E-state index in [4.69, 9.17) is 0 Å². The molecule has 0 aromatic carbocycles. The van der Waals surface area contributed by atoms with Gasteiger partial charge in [0.2, 0.25) is 0 Å². The first-order chi connectivity index (χ1) is 11.9. The van der Waals surface area contributed by atoms with Crippen LogP contribution in [0, 0.1) is 0 Å². The Morgan fingerprint density at radius 2 is 0.889 bits per heavy atom. The van der Waals surface area contributed by atoms with Gasteiger partial charge in [0.15, 0.2) is 9.84 Å². The van der Waals surface area contributed by atoms with Gasteiger partial charge >= 0.3 is 24.2 Å².